The molecule has 4 aromatic rings. The van der Waals surface area contributed by atoms with Gasteiger partial charge in [0.2, 0.25) is 0 Å². The van der Waals surface area contributed by atoms with Crippen LogP contribution in [0.15, 0.2) is 59.7 Å². The number of para-hydroxylation sites is 1. The van der Waals surface area contributed by atoms with Crippen molar-refractivity contribution in [3.63, 3.8) is 0 Å². The number of carbonyl (C=O) groups is 1. The number of amides is 2. The molecule has 2 amide bonds. The van der Waals surface area contributed by atoms with Crippen LogP contribution >= 0.6 is 11.6 Å². The minimum atomic E-state index is -0.863. The van der Waals surface area contributed by atoms with E-state index in [1.165, 1.54) is 28.8 Å². The van der Waals surface area contributed by atoms with E-state index in [9.17, 15) is 18.4 Å². The molecule has 0 atom stereocenters. The molecule has 7 nitrogen and oxygen atoms in total. The molecule has 4 rings (SSSR count). The normalized spacial score (nSPS) is 10.8. The van der Waals surface area contributed by atoms with Gasteiger partial charge in [-0.15, -0.1) is 0 Å². The molecular weight excluding hydrogens is 452 g/mol. The third-order valence-electron chi connectivity index (χ3n) is 5.07. The number of aromatic nitrogens is 2. The van der Waals surface area contributed by atoms with Crippen molar-refractivity contribution in [2.45, 2.75) is 6.92 Å². The predicted molar refractivity (Wildman–Crippen MR) is 126 cm³/mol. The van der Waals surface area contributed by atoms with E-state index in [-0.39, 0.29) is 27.6 Å². The van der Waals surface area contributed by atoms with Gasteiger partial charge in [0.05, 0.1) is 22.1 Å². The Bertz CT molecular complexity index is 1460. The molecule has 0 aliphatic heterocycles. The fraction of sp³-hybridized carbons (Fsp3) is 0.0870. The summed E-state index contributed by atoms with van der Waals surface area (Å²) < 4.78 is 29.6. The van der Waals surface area contributed by atoms with E-state index in [0.29, 0.717) is 22.2 Å². The zero-order valence-corrected chi connectivity index (χ0v) is 18.3. The van der Waals surface area contributed by atoms with Gasteiger partial charge in [-0.25, -0.2) is 18.6 Å². The van der Waals surface area contributed by atoms with Crippen LogP contribution in [0.1, 0.15) is 5.56 Å². The number of pyridine rings is 2. The maximum absolute atomic E-state index is 14.5. The molecular formula is C23H18ClF2N5O2. The minimum Gasteiger partial charge on any atom is -0.373 e. The van der Waals surface area contributed by atoms with Gasteiger partial charge in [0, 0.05) is 30.4 Å². The number of hydrogen-bond donors (Lipinski definition) is 3. The molecule has 0 saturated heterocycles. The van der Waals surface area contributed by atoms with Crippen molar-refractivity contribution in [1.29, 1.82) is 0 Å². The lowest BCUT2D eigenvalue weighted by atomic mass is 10.1. The van der Waals surface area contributed by atoms with Crippen molar-refractivity contribution in [2.75, 3.05) is 23.0 Å². The Morgan fingerprint density at radius 3 is 2.52 bits per heavy atom. The molecule has 0 unspecified atom stereocenters. The van der Waals surface area contributed by atoms with Gasteiger partial charge in [0.25, 0.3) is 5.56 Å². The van der Waals surface area contributed by atoms with Gasteiger partial charge in [-0.2, -0.15) is 0 Å². The summed E-state index contributed by atoms with van der Waals surface area (Å²) in [4.78, 5) is 29.6. The summed E-state index contributed by atoms with van der Waals surface area (Å²) in [6.45, 7) is 1.67. The first-order chi connectivity index (χ1) is 15.8. The van der Waals surface area contributed by atoms with E-state index in [1.807, 2.05) is 0 Å². The van der Waals surface area contributed by atoms with Crippen LogP contribution in [0.5, 0.6) is 0 Å². The molecule has 33 heavy (non-hydrogen) atoms. The van der Waals surface area contributed by atoms with Gasteiger partial charge < -0.3 is 16.0 Å². The SMILES string of the molecule is CNc1cc2c(C)c(=O)n(-c3cc(NC(=O)Nc4ccccc4F)c(F)cc3Cl)cc2cn1. The van der Waals surface area contributed by atoms with E-state index in [2.05, 4.69) is 20.9 Å². The highest BCUT2D eigenvalue weighted by Gasteiger charge is 2.16. The van der Waals surface area contributed by atoms with Gasteiger partial charge in [-0.05, 0) is 42.6 Å². The number of carbonyl (C=O) groups excluding carboxylic acids is 1. The maximum Gasteiger partial charge on any atom is 0.323 e. The summed E-state index contributed by atoms with van der Waals surface area (Å²) in [5.74, 6) is -0.855. The monoisotopic (exact) mass is 469 g/mol. The maximum atomic E-state index is 14.5. The number of nitrogens with one attached hydrogen (secondary N) is 3. The lowest BCUT2D eigenvalue weighted by Crippen LogP contribution is -2.23. The molecule has 0 spiro atoms. The fourth-order valence-electron chi connectivity index (χ4n) is 3.36. The smallest absolute Gasteiger partial charge is 0.323 e. The van der Waals surface area contributed by atoms with E-state index < -0.39 is 17.7 Å². The van der Waals surface area contributed by atoms with E-state index in [4.69, 9.17) is 11.6 Å². The first kappa shape index (κ1) is 22.2. The van der Waals surface area contributed by atoms with E-state index in [0.717, 1.165) is 6.07 Å². The second-order valence-corrected chi connectivity index (χ2v) is 7.59. The molecule has 0 fully saturated rings. The molecule has 0 bridgehead atoms. The average Bonchev–Trinajstić information content (AvgIpc) is 2.79. The Morgan fingerprint density at radius 2 is 1.79 bits per heavy atom. The first-order valence-electron chi connectivity index (χ1n) is 9.80. The highest BCUT2D eigenvalue weighted by Crippen LogP contribution is 2.28. The molecule has 0 radical (unpaired) electrons. The van der Waals surface area contributed by atoms with Gasteiger partial charge >= 0.3 is 6.03 Å². The predicted octanol–water partition coefficient (Wildman–Crippen LogP) is 5.31. The van der Waals surface area contributed by atoms with Gasteiger partial charge in [-0.3, -0.25) is 9.36 Å². The number of rotatable bonds is 4. The molecule has 0 saturated carbocycles. The zero-order chi connectivity index (χ0) is 23.7. The summed E-state index contributed by atoms with van der Waals surface area (Å²) in [7, 11) is 1.72. The topological polar surface area (TPSA) is 88.0 Å². The molecule has 168 valence electrons. The zero-order valence-electron chi connectivity index (χ0n) is 17.5. The number of hydrogen-bond acceptors (Lipinski definition) is 4. The molecule has 10 heteroatoms. The van der Waals surface area contributed by atoms with Crippen LogP contribution < -0.4 is 21.5 Å². The molecule has 0 aliphatic carbocycles. The summed E-state index contributed by atoms with van der Waals surface area (Å²) in [5, 5.41) is 8.89. The average molecular weight is 470 g/mol. The lowest BCUT2D eigenvalue weighted by molar-refractivity contribution is 0.262. The Morgan fingerprint density at radius 1 is 1.06 bits per heavy atom. The molecule has 2 heterocycles. The number of halogens is 3. The van der Waals surface area contributed by atoms with Crippen LogP contribution in [0.3, 0.4) is 0 Å². The summed E-state index contributed by atoms with van der Waals surface area (Å²) in [6, 6.07) is 8.68. The van der Waals surface area contributed by atoms with Crippen LogP contribution in [0.4, 0.5) is 30.8 Å². The van der Waals surface area contributed by atoms with Crippen LogP contribution in [-0.4, -0.2) is 22.6 Å². The summed E-state index contributed by atoms with van der Waals surface area (Å²) in [6.07, 6.45) is 3.14. The standard InChI is InChI=1S/C23H18ClF2N5O2/c1-12-14-7-21(27-2)28-10-13(14)11-31(22(12)32)20-9-19(17(26)8-15(20)24)30-23(33)29-18-6-4-3-5-16(18)25/h3-11,27H,1-2H3,(H2,29,30,33). The van der Waals surface area contributed by atoms with Gasteiger partial charge in [-0.1, -0.05) is 23.7 Å². The van der Waals surface area contributed by atoms with Gasteiger partial charge in [0.1, 0.15) is 17.5 Å². The highest BCUT2D eigenvalue weighted by molar-refractivity contribution is 6.32. The van der Waals surface area contributed by atoms with Crippen molar-refractivity contribution >= 4 is 45.6 Å². The van der Waals surface area contributed by atoms with E-state index >= 15 is 0 Å². The minimum absolute atomic E-state index is 0.0341. The first-order valence-corrected chi connectivity index (χ1v) is 10.2. The Balaban J connectivity index is 1.74. The number of aryl methyl sites for hydroxylation is 1. The van der Waals surface area contributed by atoms with Crippen molar-refractivity contribution < 1.29 is 13.6 Å². The second kappa shape index (κ2) is 8.87. The lowest BCUT2D eigenvalue weighted by Gasteiger charge is -2.15. The van der Waals surface area contributed by atoms with Crippen LogP contribution in [0.25, 0.3) is 16.5 Å². The van der Waals surface area contributed by atoms with Gasteiger partial charge in [0.15, 0.2) is 0 Å². The summed E-state index contributed by atoms with van der Waals surface area (Å²) in [5.41, 5.74) is -0.0764. The summed E-state index contributed by atoms with van der Waals surface area (Å²) >= 11 is 6.24. The van der Waals surface area contributed by atoms with Crippen molar-refractivity contribution in [2.24, 2.45) is 0 Å². The molecule has 3 N–H and O–H groups in total. The quantitative estimate of drug-likeness (QED) is 0.378. The Kier molecular flexibility index (Phi) is 5.97. The number of benzene rings is 2. The third kappa shape index (κ3) is 4.35. The largest absolute Gasteiger partial charge is 0.373 e. The van der Waals surface area contributed by atoms with Crippen LogP contribution in [0, 0.1) is 18.6 Å². The number of urea groups is 1. The number of anilines is 3. The molecule has 0 aliphatic rings. The Labute approximate surface area is 192 Å². The van der Waals surface area contributed by atoms with Crippen LogP contribution in [0.2, 0.25) is 5.02 Å². The third-order valence-corrected chi connectivity index (χ3v) is 5.37. The number of fused-ring (bicyclic) bond motifs is 1. The second-order valence-electron chi connectivity index (χ2n) is 7.18. The van der Waals surface area contributed by atoms with Crippen LogP contribution in [-0.2, 0) is 0 Å². The molecule has 2 aromatic heterocycles. The van der Waals surface area contributed by atoms with Crippen molar-refractivity contribution in [1.82, 2.24) is 9.55 Å². The fourth-order valence-corrected chi connectivity index (χ4v) is 3.60. The van der Waals surface area contributed by atoms with Crippen molar-refractivity contribution in [3.05, 3.63) is 87.4 Å². The molecule has 2 aromatic carbocycles. The number of nitrogens with zero attached hydrogens (tertiary/aromatic N) is 2. The highest BCUT2D eigenvalue weighted by atomic mass is 35.5. The van der Waals surface area contributed by atoms with Crippen molar-refractivity contribution in [3.8, 4) is 5.69 Å². The Hall–Kier alpha value is -3.98. The van der Waals surface area contributed by atoms with E-state index in [1.54, 1.807) is 38.5 Å².